The Labute approximate surface area is 97.2 Å². The second-order valence-corrected chi connectivity index (χ2v) is 3.87. The summed E-state index contributed by atoms with van der Waals surface area (Å²) in [5.41, 5.74) is 1.06. The third kappa shape index (κ3) is 3.28. The van der Waals surface area contributed by atoms with Crippen molar-refractivity contribution in [3.8, 4) is 0 Å². The van der Waals surface area contributed by atoms with Crippen LogP contribution in [0, 0.1) is 0 Å². The van der Waals surface area contributed by atoms with Crippen LogP contribution in [0.2, 0.25) is 0 Å². The van der Waals surface area contributed by atoms with Crippen LogP contribution in [0.1, 0.15) is 38.9 Å². The number of hydrogen-bond acceptors (Lipinski definition) is 4. The summed E-state index contributed by atoms with van der Waals surface area (Å²) in [4.78, 5) is 0. The highest BCUT2D eigenvalue weighted by molar-refractivity contribution is 5.04. The quantitative estimate of drug-likeness (QED) is 0.761. The molecular formula is C11H22N4O. The monoisotopic (exact) mass is 226 g/mol. The lowest BCUT2D eigenvalue weighted by molar-refractivity contribution is 0.0451. The summed E-state index contributed by atoms with van der Waals surface area (Å²) in [5, 5.41) is 11.3. The molecule has 1 N–H and O–H groups in total. The van der Waals surface area contributed by atoms with Crippen LogP contribution in [-0.2, 0) is 11.8 Å². The molecule has 16 heavy (non-hydrogen) atoms. The fourth-order valence-corrected chi connectivity index (χ4v) is 1.75. The van der Waals surface area contributed by atoms with Crippen molar-refractivity contribution < 1.29 is 4.74 Å². The Morgan fingerprint density at radius 3 is 2.75 bits per heavy atom. The van der Waals surface area contributed by atoms with Crippen LogP contribution < -0.4 is 5.32 Å². The van der Waals surface area contributed by atoms with E-state index in [1.807, 2.05) is 14.0 Å². The second-order valence-electron chi connectivity index (χ2n) is 3.87. The lowest BCUT2D eigenvalue weighted by atomic mass is 10.1. The van der Waals surface area contributed by atoms with Crippen molar-refractivity contribution in [1.82, 2.24) is 20.3 Å². The Balaban J connectivity index is 2.74. The Bertz CT molecular complexity index is 300. The van der Waals surface area contributed by atoms with Gasteiger partial charge in [0, 0.05) is 13.7 Å². The molecule has 0 fully saturated rings. The zero-order valence-corrected chi connectivity index (χ0v) is 10.6. The maximum Gasteiger partial charge on any atom is 0.0779 e. The van der Waals surface area contributed by atoms with Crippen molar-refractivity contribution in [2.45, 2.75) is 39.3 Å². The maximum atomic E-state index is 5.65. The highest BCUT2D eigenvalue weighted by Gasteiger charge is 2.22. The van der Waals surface area contributed by atoms with Crippen molar-refractivity contribution >= 4 is 0 Å². The third-order valence-corrected chi connectivity index (χ3v) is 2.58. The molecule has 0 radical (unpaired) electrons. The zero-order valence-electron chi connectivity index (χ0n) is 10.6. The van der Waals surface area contributed by atoms with E-state index in [4.69, 9.17) is 4.74 Å². The molecule has 0 amide bonds. The molecule has 0 saturated carbocycles. The van der Waals surface area contributed by atoms with Gasteiger partial charge in [0.25, 0.3) is 0 Å². The number of nitrogens with zero attached hydrogens (tertiary/aromatic N) is 3. The molecule has 5 nitrogen and oxygen atoms in total. The van der Waals surface area contributed by atoms with Crippen molar-refractivity contribution in [2.75, 3.05) is 13.2 Å². The number of ether oxygens (including phenoxy) is 1. The van der Waals surface area contributed by atoms with Crippen LogP contribution in [0.25, 0.3) is 0 Å². The minimum absolute atomic E-state index is 0.119. The standard InChI is InChI=1S/C11H22N4O/c1-5-7-12-11(9(3)16-6-2)10-8-13-14-15(10)4/h8-9,11-12H,5-7H2,1-4H3. The van der Waals surface area contributed by atoms with Crippen LogP contribution in [0.5, 0.6) is 0 Å². The largest absolute Gasteiger partial charge is 0.377 e. The normalized spacial score (nSPS) is 15.0. The highest BCUT2D eigenvalue weighted by Crippen LogP contribution is 2.17. The van der Waals surface area contributed by atoms with Crippen molar-refractivity contribution in [1.29, 1.82) is 0 Å². The first-order chi connectivity index (χ1) is 7.70. The Kier molecular flexibility index (Phi) is 5.42. The molecule has 1 heterocycles. The van der Waals surface area contributed by atoms with Gasteiger partial charge in [0.05, 0.1) is 24.0 Å². The van der Waals surface area contributed by atoms with Gasteiger partial charge in [-0.2, -0.15) is 0 Å². The average Bonchev–Trinajstić information content (AvgIpc) is 2.66. The van der Waals surface area contributed by atoms with Crippen LogP contribution in [0.15, 0.2) is 6.20 Å². The number of hydrogen-bond donors (Lipinski definition) is 1. The number of aryl methyl sites for hydroxylation is 1. The van der Waals surface area contributed by atoms with Crippen molar-refractivity contribution in [2.24, 2.45) is 7.05 Å². The molecule has 1 aromatic rings. The molecule has 5 heteroatoms. The van der Waals surface area contributed by atoms with Crippen LogP contribution in [0.3, 0.4) is 0 Å². The molecule has 0 saturated heterocycles. The second kappa shape index (κ2) is 6.60. The lowest BCUT2D eigenvalue weighted by Crippen LogP contribution is -2.34. The predicted octanol–water partition coefficient (Wildman–Crippen LogP) is 1.28. The van der Waals surface area contributed by atoms with Crippen LogP contribution in [-0.4, -0.2) is 34.2 Å². The SMILES string of the molecule is CCCNC(c1cnnn1C)C(C)OCC. The number of aromatic nitrogens is 3. The van der Waals surface area contributed by atoms with Crippen molar-refractivity contribution in [3.05, 3.63) is 11.9 Å². The van der Waals surface area contributed by atoms with Gasteiger partial charge in [-0.05, 0) is 26.8 Å². The zero-order chi connectivity index (χ0) is 12.0. The third-order valence-electron chi connectivity index (χ3n) is 2.58. The average molecular weight is 226 g/mol. The molecular weight excluding hydrogens is 204 g/mol. The molecule has 0 spiro atoms. The van der Waals surface area contributed by atoms with Gasteiger partial charge in [-0.25, -0.2) is 0 Å². The molecule has 0 aromatic carbocycles. The van der Waals surface area contributed by atoms with Gasteiger partial charge in [-0.15, -0.1) is 5.10 Å². The minimum Gasteiger partial charge on any atom is -0.377 e. The Morgan fingerprint density at radius 1 is 1.50 bits per heavy atom. The Hall–Kier alpha value is -0.940. The van der Waals surface area contributed by atoms with Gasteiger partial charge in [-0.3, -0.25) is 4.68 Å². The van der Waals surface area contributed by atoms with E-state index >= 15 is 0 Å². The molecule has 0 aliphatic rings. The van der Waals surface area contributed by atoms with Crippen LogP contribution >= 0.6 is 0 Å². The topological polar surface area (TPSA) is 52.0 Å². The lowest BCUT2D eigenvalue weighted by Gasteiger charge is -2.24. The first-order valence-electron chi connectivity index (χ1n) is 5.90. The molecule has 2 unspecified atom stereocenters. The number of rotatable bonds is 7. The van der Waals surface area contributed by atoms with Gasteiger partial charge in [0.1, 0.15) is 0 Å². The molecule has 1 aromatic heterocycles. The van der Waals surface area contributed by atoms with Gasteiger partial charge in [-0.1, -0.05) is 12.1 Å². The summed E-state index contributed by atoms with van der Waals surface area (Å²) in [5.74, 6) is 0. The van der Waals surface area contributed by atoms with E-state index in [0.717, 1.165) is 25.3 Å². The number of nitrogens with one attached hydrogen (secondary N) is 1. The summed E-state index contributed by atoms with van der Waals surface area (Å²) in [6, 6.07) is 0.153. The molecule has 2 atom stereocenters. The Morgan fingerprint density at radius 2 is 2.25 bits per heavy atom. The highest BCUT2D eigenvalue weighted by atomic mass is 16.5. The fraction of sp³-hybridized carbons (Fsp3) is 0.818. The maximum absolute atomic E-state index is 5.65. The van der Waals surface area contributed by atoms with Gasteiger partial charge >= 0.3 is 0 Å². The summed E-state index contributed by atoms with van der Waals surface area (Å²) in [6.45, 7) is 7.92. The van der Waals surface area contributed by atoms with E-state index in [2.05, 4.69) is 29.5 Å². The predicted molar refractivity (Wildman–Crippen MR) is 63.1 cm³/mol. The molecule has 1 rings (SSSR count). The van der Waals surface area contributed by atoms with E-state index in [9.17, 15) is 0 Å². The summed E-state index contributed by atoms with van der Waals surface area (Å²) >= 11 is 0. The van der Waals surface area contributed by atoms with E-state index in [0.29, 0.717) is 0 Å². The van der Waals surface area contributed by atoms with E-state index in [-0.39, 0.29) is 12.1 Å². The first kappa shape index (κ1) is 13.1. The van der Waals surface area contributed by atoms with Gasteiger partial charge in [0.2, 0.25) is 0 Å². The van der Waals surface area contributed by atoms with E-state index < -0.39 is 0 Å². The molecule has 0 aliphatic carbocycles. The van der Waals surface area contributed by atoms with E-state index in [1.54, 1.807) is 10.9 Å². The van der Waals surface area contributed by atoms with Gasteiger partial charge in [0.15, 0.2) is 0 Å². The first-order valence-corrected chi connectivity index (χ1v) is 5.90. The molecule has 0 bridgehead atoms. The molecule has 0 aliphatic heterocycles. The summed E-state index contributed by atoms with van der Waals surface area (Å²) < 4.78 is 7.44. The summed E-state index contributed by atoms with van der Waals surface area (Å²) in [7, 11) is 1.90. The van der Waals surface area contributed by atoms with Gasteiger partial charge < -0.3 is 10.1 Å². The van der Waals surface area contributed by atoms with Crippen molar-refractivity contribution in [3.63, 3.8) is 0 Å². The summed E-state index contributed by atoms with van der Waals surface area (Å²) in [6.07, 6.45) is 3.01. The van der Waals surface area contributed by atoms with E-state index in [1.165, 1.54) is 0 Å². The fourth-order valence-electron chi connectivity index (χ4n) is 1.75. The molecule has 92 valence electrons. The smallest absolute Gasteiger partial charge is 0.0779 e. The van der Waals surface area contributed by atoms with Crippen LogP contribution in [0.4, 0.5) is 0 Å². The minimum atomic E-state index is 0.119.